The third kappa shape index (κ3) is 7.46. The van der Waals surface area contributed by atoms with Crippen LogP contribution >= 0.6 is 0 Å². The molecule has 1 aromatic carbocycles. The largest absolute Gasteiger partial charge is 0.451 e. The molecule has 0 spiro atoms. The Hall–Kier alpha value is -5.78. The molecular formula is C34H26F6N10O2. The Labute approximate surface area is 290 Å². The van der Waals surface area contributed by atoms with Crippen LogP contribution in [0, 0.1) is 0 Å². The maximum Gasteiger partial charge on any atom is 0.451 e. The van der Waals surface area contributed by atoms with E-state index in [-0.39, 0.29) is 19.0 Å². The molecule has 1 aliphatic heterocycles. The number of hydrogen-bond donors (Lipinski definition) is 1. The van der Waals surface area contributed by atoms with Crippen LogP contribution in [-0.2, 0) is 25.4 Å². The van der Waals surface area contributed by atoms with Crippen LogP contribution in [0.2, 0.25) is 0 Å². The molecule has 2 fully saturated rings. The van der Waals surface area contributed by atoms with E-state index in [9.17, 15) is 35.9 Å². The number of carbonyl (C=O) groups is 2. The maximum absolute atomic E-state index is 12.8. The highest BCUT2D eigenvalue weighted by molar-refractivity contribution is 6.21. The Morgan fingerprint density at radius 1 is 0.635 bits per heavy atom. The number of nitrogens with two attached hydrogens (primary N) is 1. The summed E-state index contributed by atoms with van der Waals surface area (Å²) in [5.74, 6) is -1.53. The molecule has 2 amide bonds. The Kier molecular flexibility index (Phi) is 8.93. The van der Waals surface area contributed by atoms with Crippen LogP contribution in [0.1, 0.15) is 92.9 Å². The van der Waals surface area contributed by atoms with Gasteiger partial charge in [-0.3, -0.25) is 14.5 Å². The molecule has 5 aromatic rings. The van der Waals surface area contributed by atoms with Crippen LogP contribution < -0.4 is 5.73 Å². The summed E-state index contributed by atoms with van der Waals surface area (Å²) in [5, 5.41) is 0. The van der Waals surface area contributed by atoms with Crippen molar-refractivity contribution in [1.82, 2.24) is 44.8 Å². The normalized spacial score (nSPS) is 15.7. The number of nitrogens with zero attached hydrogens (tertiary/aromatic N) is 9. The van der Waals surface area contributed by atoms with Gasteiger partial charge in [0.15, 0.2) is 0 Å². The zero-order valence-electron chi connectivity index (χ0n) is 26.9. The predicted octanol–water partition coefficient (Wildman–Crippen LogP) is 5.91. The third-order valence-corrected chi connectivity index (χ3v) is 8.29. The summed E-state index contributed by atoms with van der Waals surface area (Å²) in [6.45, 7) is 0.180. The van der Waals surface area contributed by atoms with E-state index < -0.39 is 35.8 Å². The second-order valence-corrected chi connectivity index (χ2v) is 12.3. The van der Waals surface area contributed by atoms with E-state index >= 15 is 0 Å². The number of carbonyl (C=O) groups excluding carboxylic acids is 2. The fourth-order valence-corrected chi connectivity index (χ4v) is 5.32. The van der Waals surface area contributed by atoms with Gasteiger partial charge in [-0.2, -0.15) is 26.3 Å². The lowest BCUT2D eigenvalue weighted by atomic mass is 10.1. The van der Waals surface area contributed by atoms with E-state index in [0.717, 1.165) is 55.4 Å². The first-order valence-corrected chi connectivity index (χ1v) is 16.0. The van der Waals surface area contributed by atoms with Crippen molar-refractivity contribution >= 4 is 11.8 Å². The van der Waals surface area contributed by atoms with E-state index in [1.54, 1.807) is 36.4 Å². The average Bonchev–Trinajstić information content (AvgIpc) is 4.07. The van der Waals surface area contributed by atoms with Crippen molar-refractivity contribution in [1.29, 1.82) is 0 Å². The summed E-state index contributed by atoms with van der Waals surface area (Å²) in [5.41, 5.74) is 8.89. The molecule has 3 aliphatic rings. The van der Waals surface area contributed by atoms with Gasteiger partial charge >= 0.3 is 12.4 Å². The van der Waals surface area contributed by atoms with Crippen LogP contribution in [0.25, 0.3) is 22.5 Å². The number of amides is 2. The summed E-state index contributed by atoms with van der Waals surface area (Å²) in [6, 6.07) is 9.75. The summed E-state index contributed by atoms with van der Waals surface area (Å²) >= 11 is 0. The highest BCUT2D eigenvalue weighted by Crippen LogP contribution is 2.40. The molecule has 12 nitrogen and oxygen atoms in total. The van der Waals surface area contributed by atoms with Crippen molar-refractivity contribution in [3.8, 4) is 22.5 Å². The second kappa shape index (κ2) is 13.4. The molecule has 18 heteroatoms. The van der Waals surface area contributed by atoms with Gasteiger partial charge in [0, 0.05) is 54.3 Å². The fraction of sp³-hybridized carbons (Fsp3) is 0.294. The molecule has 2 aliphatic carbocycles. The number of alkyl halides is 6. The lowest BCUT2D eigenvalue weighted by Gasteiger charge is -2.15. The predicted molar refractivity (Wildman–Crippen MR) is 169 cm³/mol. The Morgan fingerprint density at radius 3 is 1.42 bits per heavy atom. The smallest absolute Gasteiger partial charge is 0.325 e. The van der Waals surface area contributed by atoms with Gasteiger partial charge in [-0.1, -0.05) is 12.1 Å². The maximum atomic E-state index is 12.8. The van der Waals surface area contributed by atoms with E-state index in [1.807, 2.05) is 0 Å². The summed E-state index contributed by atoms with van der Waals surface area (Å²) < 4.78 is 75.6. The van der Waals surface area contributed by atoms with Gasteiger partial charge in [-0.25, -0.2) is 39.9 Å². The van der Waals surface area contributed by atoms with Crippen molar-refractivity contribution < 1.29 is 35.9 Å². The molecule has 0 saturated heterocycles. The van der Waals surface area contributed by atoms with Crippen LogP contribution in [0.3, 0.4) is 0 Å². The Morgan fingerprint density at radius 2 is 1.04 bits per heavy atom. The van der Waals surface area contributed by atoms with Gasteiger partial charge in [0.1, 0.15) is 11.6 Å². The molecule has 0 bridgehead atoms. The van der Waals surface area contributed by atoms with Gasteiger partial charge in [0.25, 0.3) is 11.8 Å². The van der Waals surface area contributed by atoms with E-state index in [1.165, 1.54) is 0 Å². The number of benzene rings is 1. The van der Waals surface area contributed by atoms with Crippen LogP contribution in [0.5, 0.6) is 0 Å². The van der Waals surface area contributed by atoms with Crippen LogP contribution in [0.15, 0.2) is 61.2 Å². The molecule has 5 heterocycles. The number of fused-ring (bicyclic) bond motifs is 1. The minimum atomic E-state index is -4.64. The minimum Gasteiger partial charge on any atom is -0.325 e. The van der Waals surface area contributed by atoms with E-state index in [4.69, 9.17) is 5.73 Å². The monoisotopic (exact) mass is 720 g/mol. The van der Waals surface area contributed by atoms with Gasteiger partial charge in [-0.05, 0) is 49.9 Å². The van der Waals surface area contributed by atoms with Crippen LogP contribution in [0.4, 0.5) is 26.3 Å². The first kappa shape index (κ1) is 34.7. The van der Waals surface area contributed by atoms with E-state index in [2.05, 4.69) is 39.9 Å². The van der Waals surface area contributed by atoms with Crippen molar-refractivity contribution in [3.05, 3.63) is 107 Å². The molecular weight excluding hydrogens is 694 g/mol. The van der Waals surface area contributed by atoms with Gasteiger partial charge in [0.05, 0.1) is 40.4 Å². The molecule has 8 rings (SSSR count). The quantitative estimate of drug-likeness (QED) is 0.157. The average molecular weight is 721 g/mol. The first-order valence-electron chi connectivity index (χ1n) is 16.0. The third-order valence-electron chi connectivity index (χ3n) is 8.29. The van der Waals surface area contributed by atoms with Gasteiger partial charge < -0.3 is 5.73 Å². The van der Waals surface area contributed by atoms with Crippen molar-refractivity contribution in [2.45, 2.75) is 63.0 Å². The lowest BCUT2D eigenvalue weighted by Crippen LogP contribution is -2.29. The molecule has 2 N–H and O–H groups in total. The number of rotatable bonds is 7. The van der Waals surface area contributed by atoms with Crippen molar-refractivity contribution in [2.75, 3.05) is 0 Å². The zero-order chi connectivity index (χ0) is 36.8. The first-order chi connectivity index (χ1) is 24.8. The summed E-state index contributed by atoms with van der Waals surface area (Å²) in [7, 11) is 0. The number of imide groups is 1. The SMILES string of the molecule is NCc1cc(-c2cnc(C(F)(F)F)nc2)nc(C2CC2)n1.O=C1c2ccccc2C(=O)N1Cc1cc(-c2cnc(C(F)(F)F)nc2)nc(C2CC2)n1. The van der Waals surface area contributed by atoms with Gasteiger partial charge in [-0.15, -0.1) is 0 Å². The molecule has 0 radical (unpaired) electrons. The molecule has 4 aromatic heterocycles. The summed E-state index contributed by atoms with van der Waals surface area (Å²) in [6.07, 6.45) is -0.982. The fourth-order valence-electron chi connectivity index (χ4n) is 5.32. The Balaban J connectivity index is 0.000000175. The highest BCUT2D eigenvalue weighted by atomic mass is 19.4. The standard InChI is InChI=1S/C21H14F3N5O2.C13H12F3N5/c22-21(23,24)20-25-8-12(9-26-20)16-7-13(27-17(28-16)11-5-6-11)10-29-18(30)14-3-1-2-4-15(14)19(29)31;14-13(15,16)12-18-5-8(6-19-12)10-3-9(4-17)20-11(21-10)7-1-2-7/h1-4,7-9,11H,5-6,10H2;3,5-7H,1-2,4,17H2. The zero-order valence-corrected chi connectivity index (χ0v) is 26.9. The number of halogens is 6. The molecule has 2 saturated carbocycles. The molecule has 0 unspecified atom stereocenters. The van der Waals surface area contributed by atoms with Crippen molar-refractivity contribution in [3.63, 3.8) is 0 Å². The minimum absolute atomic E-state index is 0.0664. The van der Waals surface area contributed by atoms with Crippen LogP contribution in [-0.4, -0.2) is 56.6 Å². The lowest BCUT2D eigenvalue weighted by molar-refractivity contribution is -0.145. The molecule has 0 atom stereocenters. The Bertz CT molecular complexity index is 2120. The number of hydrogen-bond acceptors (Lipinski definition) is 11. The summed E-state index contributed by atoms with van der Waals surface area (Å²) in [4.78, 5) is 57.6. The topological polar surface area (TPSA) is 167 Å². The van der Waals surface area contributed by atoms with E-state index in [0.29, 0.717) is 62.6 Å². The van der Waals surface area contributed by atoms with Crippen molar-refractivity contribution in [2.24, 2.45) is 5.73 Å². The highest BCUT2D eigenvalue weighted by Gasteiger charge is 2.37. The molecule has 266 valence electrons. The van der Waals surface area contributed by atoms with Gasteiger partial charge in [0.2, 0.25) is 11.6 Å². The number of aromatic nitrogens is 8. The second-order valence-electron chi connectivity index (χ2n) is 12.3. The molecule has 52 heavy (non-hydrogen) atoms.